The maximum atomic E-state index is 11.6. The fourth-order valence-corrected chi connectivity index (χ4v) is 1.22. The van der Waals surface area contributed by atoms with Gasteiger partial charge in [0.25, 0.3) is 0 Å². The summed E-state index contributed by atoms with van der Waals surface area (Å²) in [4.78, 5) is 23.1. The number of carbonyl (C=O) groups is 2. The van der Waals surface area contributed by atoms with E-state index in [0.717, 1.165) is 12.8 Å². The molecular weight excluding hydrogens is 232 g/mol. The van der Waals surface area contributed by atoms with Crippen molar-refractivity contribution in [3.63, 3.8) is 0 Å². The molecule has 0 spiro atoms. The standard InChI is InChI=1S/C14H26O4/c1-6-11(4)17-13(15)9-8-10(3)14(16)18-12(5)7-2/h10-12H,6-9H2,1-5H3. The molecule has 106 valence electrons. The van der Waals surface area contributed by atoms with Gasteiger partial charge in [-0.3, -0.25) is 9.59 Å². The van der Waals surface area contributed by atoms with E-state index in [0.29, 0.717) is 6.42 Å². The normalized spacial score (nSPS) is 15.6. The van der Waals surface area contributed by atoms with Crippen LogP contribution < -0.4 is 0 Å². The molecule has 0 aliphatic carbocycles. The van der Waals surface area contributed by atoms with Gasteiger partial charge in [-0.25, -0.2) is 0 Å². The van der Waals surface area contributed by atoms with Gasteiger partial charge in [-0.1, -0.05) is 20.8 Å². The fraction of sp³-hybridized carbons (Fsp3) is 0.857. The SMILES string of the molecule is CCC(C)OC(=O)CCC(C)C(=O)OC(C)CC. The van der Waals surface area contributed by atoms with E-state index in [9.17, 15) is 9.59 Å². The minimum absolute atomic E-state index is 0.0557. The summed E-state index contributed by atoms with van der Waals surface area (Å²) in [5.41, 5.74) is 0. The van der Waals surface area contributed by atoms with E-state index in [1.165, 1.54) is 0 Å². The summed E-state index contributed by atoms with van der Waals surface area (Å²) in [5.74, 6) is -0.739. The third-order valence-corrected chi connectivity index (χ3v) is 2.98. The Bertz CT molecular complexity index is 263. The number of ether oxygens (including phenoxy) is 2. The maximum absolute atomic E-state index is 11.6. The van der Waals surface area contributed by atoms with Crippen molar-refractivity contribution >= 4 is 11.9 Å². The highest BCUT2D eigenvalue weighted by Gasteiger charge is 2.18. The minimum Gasteiger partial charge on any atom is -0.463 e. The van der Waals surface area contributed by atoms with Crippen molar-refractivity contribution in [2.75, 3.05) is 0 Å². The molecule has 0 amide bonds. The number of esters is 2. The topological polar surface area (TPSA) is 52.6 Å². The first-order chi connectivity index (χ1) is 8.40. The molecule has 0 aromatic heterocycles. The van der Waals surface area contributed by atoms with Crippen molar-refractivity contribution in [3.05, 3.63) is 0 Å². The molecule has 3 atom stereocenters. The second kappa shape index (κ2) is 8.95. The predicted molar refractivity (Wildman–Crippen MR) is 70.1 cm³/mol. The van der Waals surface area contributed by atoms with E-state index in [2.05, 4.69) is 0 Å². The number of carbonyl (C=O) groups excluding carboxylic acids is 2. The van der Waals surface area contributed by atoms with Crippen molar-refractivity contribution in [1.29, 1.82) is 0 Å². The molecule has 0 saturated heterocycles. The third kappa shape index (κ3) is 7.30. The molecule has 0 radical (unpaired) electrons. The first kappa shape index (κ1) is 16.9. The van der Waals surface area contributed by atoms with Gasteiger partial charge >= 0.3 is 11.9 Å². The highest BCUT2D eigenvalue weighted by molar-refractivity contribution is 5.74. The lowest BCUT2D eigenvalue weighted by Gasteiger charge is -2.16. The Morgan fingerprint density at radius 1 is 0.944 bits per heavy atom. The Balaban J connectivity index is 3.91. The summed E-state index contributed by atoms with van der Waals surface area (Å²) in [5, 5.41) is 0. The van der Waals surface area contributed by atoms with Crippen molar-refractivity contribution in [1.82, 2.24) is 0 Å². The van der Waals surface area contributed by atoms with Gasteiger partial charge in [-0.15, -0.1) is 0 Å². The molecule has 0 N–H and O–H groups in total. The average molecular weight is 258 g/mol. The zero-order chi connectivity index (χ0) is 14.1. The third-order valence-electron chi connectivity index (χ3n) is 2.98. The first-order valence-electron chi connectivity index (χ1n) is 6.80. The summed E-state index contributed by atoms with van der Waals surface area (Å²) < 4.78 is 10.3. The highest BCUT2D eigenvalue weighted by atomic mass is 16.5. The van der Waals surface area contributed by atoms with E-state index < -0.39 is 0 Å². The molecule has 4 nitrogen and oxygen atoms in total. The molecule has 0 heterocycles. The zero-order valence-corrected chi connectivity index (χ0v) is 12.2. The smallest absolute Gasteiger partial charge is 0.308 e. The monoisotopic (exact) mass is 258 g/mol. The quantitative estimate of drug-likeness (QED) is 0.628. The Labute approximate surface area is 110 Å². The number of rotatable bonds is 8. The van der Waals surface area contributed by atoms with Crippen molar-refractivity contribution < 1.29 is 19.1 Å². The van der Waals surface area contributed by atoms with Crippen LogP contribution in [0.25, 0.3) is 0 Å². The van der Waals surface area contributed by atoms with Gasteiger partial charge in [0.15, 0.2) is 0 Å². The molecule has 18 heavy (non-hydrogen) atoms. The summed E-state index contributed by atoms with van der Waals surface area (Å²) >= 11 is 0. The van der Waals surface area contributed by atoms with Crippen LogP contribution in [0.2, 0.25) is 0 Å². The van der Waals surface area contributed by atoms with Crippen LogP contribution in [0.3, 0.4) is 0 Å². The van der Waals surface area contributed by atoms with Crippen LogP contribution in [0, 0.1) is 5.92 Å². The second-order valence-corrected chi connectivity index (χ2v) is 4.80. The van der Waals surface area contributed by atoms with Gasteiger partial charge in [-0.05, 0) is 33.1 Å². The zero-order valence-electron chi connectivity index (χ0n) is 12.2. The van der Waals surface area contributed by atoms with Crippen LogP contribution in [0.5, 0.6) is 0 Å². The van der Waals surface area contributed by atoms with E-state index >= 15 is 0 Å². The van der Waals surface area contributed by atoms with Crippen LogP contribution in [-0.2, 0) is 19.1 Å². The van der Waals surface area contributed by atoms with Gasteiger partial charge < -0.3 is 9.47 Å². The molecule has 0 saturated carbocycles. The lowest BCUT2D eigenvalue weighted by atomic mass is 10.1. The van der Waals surface area contributed by atoms with E-state index in [1.54, 1.807) is 6.92 Å². The molecule has 0 bridgehead atoms. The van der Waals surface area contributed by atoms with Crippen molar-refractivity contribution in [2.24, 2.45) is 5.92 Å². The maximum Gasteiger partial charge on any atom is 0.308 e. The van der Waals surface area contributed by atoms with Crippen LogP contribution >= 0.6 is 0 Å². The summed E-state index contributed by atoms with van der Waals surface area (Å²) in [7, 11) is 0. The second-order valence-electron chi connectivity index (χ2n) is 4.80. The molecule has 0 aliphatic rings. The van der Waals surface area contributed by atoms with Gasteiger partial charge in [0, 0.05) is 6.42 Å². The molecular formula is C14H26O4. The number of hydrogen-bond donors (Lipinski definition) is 0. The van der Waals surface area contributed by atoms with Crippen LogP contribution in [0.15, 0.2) is 0 Å². The van der Waals surface area contributed by atoms with Crippen LogP contribution in [0.1, 0.15) is 60.3 Å². The Morgan fingerprint density at radius 3 is 1.94 bits per heavy atom. The van der Waals surface area contributed by atoms with Crippen LogP contribution in [0.4, 0.5) is 0 Å². The molecule has 0 rings (SSSR count). The van der Waals surface area contributed by atoms with E-state index in [1.807, 2.05) is 27.7 Å². The highest BCUT2D eigenvalue weighted by Crippen LogP contribution is 2.12. The fourth-order valence-electron chi connectivity index (χ4n) is 1.22. The van der Waals surface area contributed by atoms with Gasteiger partial charge in [0.1, 0.15) is 0 Å². The molecule has 0 aliphatic heterocycles. The summed E-state index contributed by atoms with van der Waals surface area (Å²) in [6.07, 6.45) is 2.23. The minimum atomic E-state index is -0.261. The molecule has 4 heteroatoms. The lowest BCUT2D eigenvalue weighted by molar-refractivity contribution is -0.154. The first-order valence-corrected chi connectivity index (χ1v) is 6.80. The van der Waals surface area contributed by atoms with Gasteiger partial charge in [0.2, 0.25) is 0 Å². The van der Waals surface area contributed by atoms with Gasteiger partial charge in [-0.2, -0.15) is 0 Å². The van der Waals surface area contributed by atoms with E-state index in [-0.39, 0.29) is 36.5 Å². The molecule has 0 aromatic carbocycles. The Hall–Kier alpha value is -1.06. The molecule has 0 fully saturated rings. The largest absolute Gasteiger partial charge is 0.463 e. The lowest BCUT2D eigenvalue weighted by Crippen LogP contribution is -2.22. The Kier molecular flexibility index (Phi) is 8.42. The predicted octanol–water partition coefficient (Wildman–Crippen LogP) is 3.09. The summed E-state index contributed by atoms with van der Waals surface area (Å²) in [6, 6.07) is 0. The average Bonchev–Trinajstić information content (AvgIpc) is 2.35. The van der Waals surface area contributed by atoms with Gasteiger partial charge in [0.05, 0.1) is 18.1 Å². The summed E-state index contributed by atoms with van der Waals surface area (Å²) in [6.45, 7) is 9.43. The molecule has 3 unspecified atom stereocenters. The van der Waals surface area contributed by atoms with Crippen molar-refractivity contribution in [3.8, 4) is 0 Å². The van der Waals surface area contributed by atoms with E-state index in [4.69, 9.17) is 9.47 Å². The van der Waals surface area contributed by atoms with Crippen molar-refractivity contribution in [2.45, 2.75) is 72.5 Å². The van der Waals surface area contributed by atoms with Crippen LogP contribution in [-0.4, -0.2) is 24.1 Å². The number of hydrogen-bond acceptors (Lipinski definition) is 4. The Morgan fingerprint density at radius 2 is 1.44 bits per heavy atom. The molecule has 0 aromatic rings.